The van der Waals surface area contributed by atoms with Crippen molar-refractivity contribution in [2.24, 2.45) is 0 Å². The molecule has 19 heavy (non-hydrogen) atoms. The van der Waals surface area contributed by atoms with Crippen molar-refractivity contribution in [3.05, 3.63) is 29.8 Å². The molecule has 5 heteroatoms. The van der Waals surface area contributed by atoms with E-state index in [1.807, 2.05) is 17.0 Å². The topological polar surface area (TPSA) is 56.4 Å². The molecule has 1 saturated heterocycles. The van der Waals surface area contributed by atoms with Crippen molar-refractivity contribution in [3.8, 4) is 0 Å². The fourth-order valence-corrected chi connectivity index (χ4v) is 2.11. The molecule has 0 radical (unpaired) electrons. The number of nitrogens with one attached hydrogen (secondary N) is 3. The minimum absolute atomic E-state index is 0.0348. The van der Waals surface area contributed by atoms with Gasteiger partial charge in [-0.15, -0.1) is 0 Å². The van der Waals surface area contributed by atoms with E-state index in [0.717, 1.165) is 38.4 Å². The molecule has 1 heterocycles. The predicted molar refractivity (Wildman–Crippen MR) is 77.5 cm³/mol. The van der Waals surface area contributed by atoms with Crippen LogP contribution in [0.3, 0.4) is 0 Å². The highest BCUT2D eigenvalue weighted by Gasteiger charge is 2.14. The van der Waals surface area contributed by atoms with Crippen LogP contribution in [-0.4, -0.2) is 50.2 Å². The number of anilines is 1. The van der Waals surface area contributed by atoms with Gasteiger partial charge in [-0.1, -0.05) is 12.1 Å². The standard InChI is InChI=1S/C14H22N4O/c1-12-3-2-4-13(11-12)16-5-6-17-14(19)18-9-7-15-8-10-18/h2-4,11,15-16H,5-10H2,1H3,(H,17,19). The van der Waals surface area contributed by atoms with Gasteiger partial charge in [0.1, 0.15) is 0 Å². The Kier molecular flexibility index (Phi) is 5.03. The first-order chi connectivity index (χ1) is 9.25. The van der Waals surface area contributed by atoms with Crippen molar-refractivity contribution in [2.45, 2.75) is 6.92 Å². The van der Waals surface area contributed by atoms with E-state index in [9.17, 15) is 4.79 Å². The van der Waals surface area contributed by atoms with Crippen molar-refractivity contribution in [1.82, 2.24) is 15.5 Å². The van der Waals surface area contributed by atoms with E-state index >= 15 is 0 Å². The molecule has 2 amide bonds. The Bertz CT molecular complexity index is 416. The Balaban J connectivity index is 1.65. The lowest BCUT2D eigenvalue weighted by atomic mass is 10.2. The maximum Gasteiger partial charge on any atom is 0.317 e. The summed E-state index contributed by atoms with van der Waals surface area (Å²) in [5, 5.41) is 9.46. The first-order valence-electron chi connectivity index (χ1n) is 6.80. The fraction of sp³-hybridized carbons (Fsp3) is 0.500. The average Bonchev–Trinajstić information content (AvgIpc) is 2.44. The third-order valence-electron chi connectivity index (χ3n) is 3.15. The van der Waals surface area contributed by atoms with E-state index in [4.69, 9.17) is 0 Å². The lowest BCUT2D eigenvalue weighted by molar-refractivity contribution is 0.190. The smallest absolute Gasteiger partial charge is 0.317 e. The lowest BCUT2D eigenvalue weighted by Gasteiger charge is -2.27. The molecule has 1 fully saturated rings. The largest absolute Gasteiger partial charge is 0.383 e. The van der Waals surface area contributed by atoms with Gasteiger partial charge in [-0.2, -0.15) is 0 Å². The number of aryl methyl sites for hydroxylation is 1. The van der Waals surface area contributed by atoms with Gasteiger partial charge < -0.3 is 20.9 Å². The van der Waals surface area contributed by atoms with Crippen LogP contribution in [0, 0.1) is 6.92 Å². The number of piperazine rings is 1. The highest BCUT2D eigenvalue weighted by atomic mass is 16.2. The van der Waals surface area contributed by atoms with Crippen LogP contribution in [0.25, 0.3) is 0 Å². The normalized spacial score (nSPS) is 15.1. The molecule has 0 aromatic heterocycles. The van der Waals surface area contributed by atoms with Crippen LogP contribution in [0.1, 0.15) is 5.56 Å². The second kappa shape index (κ2) is 6.99. The molecule has 3 N–H and O–H groups in total. The van der Waals surface area contributed by atoms with Gasteiger partial charge in [0.15, 0.2) is 0 Å². The Labute approximate surface area is 114 Å². The summed E-state index contributed by atoms with van der Waals surface area (Å²) in [5.41, 5.74) is 2.33. The summed E-state index contributed by atoms with van der Waals surface area (Å²) in [6.07, 6.45) is 0. The van der Waals surface area contributed by atoms with Gasteiger partial charge >= 0.3 is 6.03 Å². The highest BCUT2D eigenvalue weighted by molar-refractivity contribution is 5.74. The van der Waals surface area contributed by atoms with Crippen LogP contribution in [0.15, 0.2) is 24.3 Å². The maximum absolute atomic E-state index is 11.8. The number of urea groups is 1. The molecule has 1 aliphatic heterocycles. The Morgan fingerprint density at radius 2 is 2.11 bits per heavy atom. The SMILES string of the molecule is Cc1cccc(NCCNC(=O)N2CCNCC2)c1. The van der Waals surface area contributed by atoms with E-state index in [2.05, 4.69) is 35.0 Å². The molecule has 1 aromatic rings. The van der Waals surface area contributed by atoms with Crippen LogP contribution in [-0.2, 0) is 0 Å². The fourth-order valence-electron chi connectivity index (χ4n) is 2.11. The number of hydrogen-bond acceptors (Lipinski definition) is 3. The van der Waals surface area contributed by atoms with Crippen molar-refractivity contribution in [1.29, 1.82) is 0 Å². The quantitative estimate of drug-likeness (QED) is 0.710. The molecule has 104 valence electrons. The number of rotatable bonds is 4. The summed E-state index contributed by atoms with van der Waals surface area (Å²) in [5.74, 6) is 0. The summed E-state index contributed by atoms with van der Waals surface area (Å²) in [6, 6.07) is 8.25. The van der Waals surface area contributed by atoms with Gasteiger partial charge in [0, 0.05) is 45.0 Å². The minimum atomic E-state index is 0.0348. The molecule has 1 aromatic carbocycles. The summed E-state index contributed by atoms with van der Waals surface area (Å²) < 4.78 is 0. The first kappa shape index (κ1) is 13.7. The summed E-state index contributed by atoms with van der Waals surface area (Å²) in [7, 11) is 0. The molecular weight excluding hydrogens is 240 g/mol. The monoisotopic (exact) mass is 262 g/mol. The zero-order valence-corrected chi connectivity index (χ0v) is 11.4. The van der Waals surface area contributed by atoms with Crippen LogP contribution in [0.5, 0.6) is 0 Å². The number of hydrogen-bond donors (Lipinski definition) is 3. The molecule has 1 aliphatic rings. The molecule has 5 nitrogen and oxygen atoms in total. The number of nitrogens with zero attached hydrogens (tertiary/aromatic N) is 1. The van der Waals surface area contributed by atoms with Crippen LogP contribution in [0.2, 0.25) is 0 Å². The summed E-state index contributed by atoms with van der Waals surface area (Å²) in [6.45, 7) is 6.79. The Morgan fingerprint density at radius 3 is 2.84 bits per heavy atom. The third kappa shape index (κ3) is 4.44. The van der Waals surface area contributed by atoms with Crippen LogP contribution in [0.4, 0.5) is 10.5 Å². The van der Waals surface area contributed by atoms with Crippen molar-refractivity contribution < 1.29 is 4.79 Å². The lowest BCUT2D eigenvalue weighted by Crippen LogP contribution is -2.50. The number of amides is 2. The summed E-state index contributed by atoms with van der Waals surface area (Å²) >= 11 is 0. The van der Waals surface area contributed by atoms with E-state index in [-0.39, 0.29) is 6.03 Å². The molecule has 0 spiro atoms. The molecule has 2 rings (SSSR count). The molecule has 0 aliphatic carbocycles. The van der Waals surface area contributed by atoms with Crippen LogP contribution < -0.4 is 16.0 Å². The average molecular weight is 262 g/mol. The van der Waals surface area contributed by atoms with E-state index in [1.54, 1.807) is 0 Å². The second-order valence-corrected chi connectivity index (χ2v) is 4.77. The van der Waals surface area contributed by atoms with Gasteiger partial charge in [-0.05, 0) is 24.6 Å². The molecular formula is C14H22N4O. The maximum atomic E-state index is 11.8. The van der Waals surface area contributed by atoms with Gasteiger partial charge in [0.2, 0.25) is 0 Å². The zero-order valence-electron chi connectivity index (χ0n) is 11.4. The molecule has 0 atom stereocenters. The highest BCUT2D eigenvalue weighted by Crippen LogP contribution is 2.08. The number of benzene rings is 1. The number of carbonyl (C=O) groups is 1. The minimum Gasteiger partial charge on any atom is -0.383 e. The van der Waals surface area contributed by atoms with Gasteiger partial charge in [0.25, 0.3) is 0 Å². The third-order valence-corrected chi connectivity index (χ3v) is 3.15. The molecule has 0 saturated carbocycles. The second-order valence-electron chi connectivity index (χ2n) is 4.77. The van der Waals surface area contributed by atoms with Gasteiger partial charge in [-0.3, -0.25) is 0 Å². The predicted octanol–water partition coefficient (Wildman–Crippen LogP) is 1.02. The summed E-state index contributed by atoms with van der Waals surface area (Å²) in [4.78, 5) is 13.7. The number of carbonyl (C=O) groups excluding carboxylic acids is 1. The first-order valence-corrected chi connectivity index (χ1v) is 6.80. The zero-order chi connectivity index (χ0) is 13.5. The van der Waals surface area contributed by atoms with Crippen molar-refractivity contribution in [2.75, 3.05) is 44.6 Å². The van der Waals surface area contributed by atoms with Crippen molar-refractivity contribution in [3.63, 3.8) is 0 Å². The van der Waals surface area contributed by atoms with Crippen molar-refractivity contribution >= 4 is 11.7 Å². The van der Waals surface area contributed by atoms with Gasteiger partial charge in [0.05, 0.1) is 0 Å². The van der Waals surface area contributed by atoms with E-state index in [0.29, 0.717) is 6.54 Å². The van der Waals surface area contributed by atoms with E-state index < -0.39 is 0 Å². The molecule has 0 bridgehead atoms. The Morgan fingerprint density at radius 1 is 1.32 bits per heavy atom. The van der Waals surface area contributed by atoms with Gasteiger partial charge in [-0.25, -0.2) is 4.79 Å². The van der Waals surface area contributed by atoms with Crippen LogP contribution >= 0.6 is 0 Å². The Hall–Kier alpha value is -1.75. The molecule has 0 unspecified atom stereocenters. The van der Waals surface area contributed by atoms with E-state index in [1.165, 1.54) is 5.56 Å².